The Kier molecular flexibility index (Phi) is 3.47. The Hall–Kier alpha value is -2.80. The molecule has 1 saturated heterocycles. The molecule has 0 radical (unpaired) electrons. The monoisotopic (exact) mass is 309 g/mol. The van der Waals surface area contributed by atoms with E-state index in [9.17, 15) is 5.11 Å². The molecule has 0 spiro atoms. The van der Waals surface area contributed by atoms with Crippen molar-refractivity contribution < 1.29 is 9.63 Å². The van der Waals surface area contributed by atoms with Crippen LogP contribution in [0.1, 0.15) is 6.42 Å². The minimum absolute atomic E-state index is 0.321. The summed E-state index contributed by atoms with van der Waals surface area (Å²) in [5.41, 5.74) is 1.56. The van der Waals surface area contributed by atoms with Crippen LogP contribution in [-0.4, -0.2) is 44.4 Å². The number of aromatic nitrogens is 4. The number of rotatable bonds is 3. The summed E-state index contributed by atoms with van der Waals surface area (Å²) in [6.07, 6.45) is 5.53. The Morgan fingerprint density at radius 1 is 1.22 bits per heavy atom. The third-order valence-corrected chi connectivity index (χ3v) is 3.83. The lowest BCUT2D eigenvalue weighted by molar-refractivity contribution is 0.198. The Bertz CT molecular complexity index is 805. The van der Waals surface area contributed by atoms with Crippen molar-refractivity contribution in [3.8, 4) is 22.8 Å². The smallest absolute Gasteiger partial charge is 0.262 e. The molecule has 1 unspecified atom stereocenters. The fourth-order valence-electron chi connectivity index (χ4n) is 2.70. The molecule has 0 aromatic carbocycles. The van der Waals surface area contributed by atoms with Crippen LogP contribution in [0, 0.1) is 0 Å². The van der Waals surface area contributed by atoms with Gasteiger partial charge in [-0.3, -0.25) is 4.98 Å². The van der Waals surface area contributed by atoms with Gasteiger partial charge in [-0.15, -0.1) is 0 Å². The molecule has 23 heavy (non-hydrogen) atoms. The summed E-state index contributed by atoms with van der Waals surface area (Å²) < 4.78 is 5.41. The summed E-state index contributed by atoms with van der Waals surface area (Å²) in [5.74, 6) is 1.66. The molecule has 1 N–H and O–H groups in total. The predicted molar refractivity (Wildman–Crippen MR) is 83.6 cm³/mol. The maximum absolute atomic E-state index is 9.75. The van der Waals surface area contributed by atoms with Crippen LogP contribution in [0.3, 0.4) is 0 Å². The van der Waals surface area contributed by atoms with Crippen molar-refractivity contribution >= 4 is 5.82 Å². The Labute approximate surface area is 132 Å². The highest BCUT2D eigenvalue weighted by Gasteiger charge is 2.25. The molecule has 3 aromatic rings. The first-order chi connectivity index (χ1) is 11.3. The standard InChI is InChI=1S/C16H15N5O2/c22-12-5-8-21(10-12)15-13(4-2-7-18-15)16-19-14(20-23-16)11-3-1-6-17-9-11/h1-4,6-7,9,12,22H,5,8,10H2. The van der Waals surface area contributed by atoms with Gasteiger partial charge >= 0.3 is 0 Å². The van der Waals surface area contributed by atoms with E-state index >= 15 is 0 Å². The number of nitrogens with zero attached hydrogens (tertiary/aromatic N) is 5. The van der Waals surface area contributed by atoms with Crippen LogP contribution in [0.5, 0.6) is 0 Å². The number of pyridine rings is 2. The number of aliphatic hydroxyl groups is 1. The molecule has 0 bridgehead atoms. The lowest BCUT2D eigenvalue weighted by Gasteiger charge is -2.18. The van der Waals surface area contributed by atoms with Gasteiger partial charge in [-0.2, -0.15) is 4.98 Å². The van der Waals surface area contributed by atoms with Crippen molar-refractivity contribution in [1.82, 2.24) is 20.1 Å². The van der Waals surface area contributed by atoms with Crippen molar-refractivity contribution in [3.63, 3.8) is 0 Å². The fraction of sp³-hybridized carbons (Fsp3) is 0.250. The van der Waals surface area contributed by atoms with E-state index in [0.29, 0.717) is 18.3 Å². The van der Waals surface area contributed by atoms with Gasteiger partial charge in [0.2, 0.25) is 5.82 Å². The molecule has 7 heteroatoms. The van der Waals surface area contributed by atoms with Crippen molar-refractivity contribution in [2.45, 2.75) is 12.5 Å². The van der Waals surface area contributed by atoms with Crippen LogP contribution >= 0.6 is 0 Å². The molecular formula is C16H15N5O2. The van der Waals surface area contributed by atoms with E-state index in [1.54, 1.807) is 18.6 Å². The quantitative estimate of drug-likeness (QED) is 0.788. The van der Waals surface area contributed by atoms with E-state index < -0.39 is 0 Å². The van der Waals surface area contributed by atoms with Gasteiger partial charge in [-0.1, -0.05) is 5.16 Å². The number of aliphatic hydroxyl groups excluding tert-OH is 1. The zero-order valence-corrected chi connectivity index (χ0v) is 12.3. The first-order valence-corrected chi connectivity index (χ1v) is 7.44. The second-order valence-electron chi connectivity index (χ2n) is 5.43. The third-order valence-electron chi connectivity index (χ3n) is 3.83. The Balaban J connectivity index is 1.70. The largest absolute Gasteiger partial charge is 0.391 e. The lowest BCUT2D eigenvalue weighted by Crippen LogP contribution is -2.22. The van der Waals surface area contributed by atoms with Gasteiger partial charge in [-0.05, 0) is 30.7 Å². The van der Waals surface area contributed by atoms with Gasteiger partial charge in [0.1, 0.15) is 5.82 Å². The van der Waals surface area contributed by atoms with Gasteiger partial charge in [0.15, 0.2) is 0 Å². The zero-order chi connectivity index (χ0) is 15.6. The summed E-state index contributed by atoms with van der Waals surface area (Å²) in [4.78, 5) is 15.0. The maximum Gasteiger partial charge on any atom is 0.262 e. The van der Waals surface area contributed by atoms with E-state index in [1.807, 2.05) is 29.2 Å². The van der Waals surface area contributed by atoms with E-state index in [2.05, 4.69) is 20.1 Å². The van der Waals surface area contributed by atoms with Crippen LogP contribution in [0.2, 0.25) is 0 Å². The highest BCUT2D eigenvalue weighted by molar-refractivity contribution is 5.71. The normalized spacial score (nSPS) is 17.6. The molecular weight excluding hydrogens is 294 g/mol. The van der Waals surface area contributed by atoms with E-state index in [4.69, 9.17) is 4.52 Å². The molecule has 1 atom stereocenters. The molecule has 1 aliphatic rings. The second kappa shape index (κ2) is 5.77. The second-order valence-corrected chi connectivity index (χ2v) is 5.43. The minimum Gasteiger partial charge on any atom is -0.391 e. The van der Waals surface area contributed by atoms with Gasteiger partial charge in [0, 0.05) is 37.2 Å². The van der Waals surface area contributed by atoms with Crippen molar-refractivity contribution in [1.29, 1.82) is 0 Å². The Morgan fingerprint density at radius 2 is 2.13 bits per heavy atom. The summed E-state index contributed by atoms with van der Waals surface area (Å²) in [6, 6.07) is 7.43. The van der Waals surface area contributed by atoms with Crippen LogP contribution < -0.4 is 4.90 Å². The van der Waals surface area contributed by atoms with Gasteiger partial charge in [0.05, 0.1) is 11.7 Å². The van der Waals surface area contributed by atoms with Crippen molar-refractivity contribution in [2.24, 2.45) is 0 Å². The van der Waals surface area contributed by atoms with Crippen molar-refractivity contribution in [3.05, 3.63) is 42.9 Å². The molecule has 0 saturated carbocycles. The summed E-state index contributed by atoms with van der Waals surface area (Å²) in [7, 11) is 0. The number of anilines is 1. The van der Waals surface area contributed by atoms with Crippen LogP contribution in [0.25, 0.3) is 22.8 Å². The highest BCUT2D eigenvalue weighted by atomic mass is 16.5. The van der Waals surface area contributed by atoms with E-state index in [-0.39, 0.29) is 6.10 Å². The topological polar surface area (TPSA) is 88.2 Å². The fourth-order valence-corrected chi connectivity index (χ4v) is 2.70. The first kappa shape index (κ1) is 13.8. The predicted octanol–water partition coefficient (Wildman–Crippen LogP) is 1.76. The molecule has 0 aliphatic carbocycles. The van der Waals surface area contributed by atoms with Crippen LogP contribution in [0.4, 0.5) is 5.82 Å². The molecule has 116 valence electrons. The molecule has 4 rings (SSSR count). The minimum atomic E-state index is -0.321. The average molecular weight is 309 g/mol. The highest BCUT2D eigenvalue weighted by Crippen LogP contribution is 2.30. The molecule has 1 aliphatic heterocycles. The SMILES string of the molecule is OC1CCN(c2ncccc2-c2nc(-c3cccnc3)no2)C1. The van der Waals surface area contributed by atoms with Gasteiger partial charge < -0.3 is 14.5 Å². The zero-order valence-electron chi connectivity index (χ0n) is 12.3. The molecule has 3 aromatic heterocycles. The van der Waals surface area contributed by atoms with Crippen molar-refractivity contribution in [2.75, 3.05) is 18.0 Å². The third kappa shape index (κ3) is 2.66. The summed E-state index contributed by atoms with van der Waals surface area (Å²) >= 11 is 0. The number of hydrogen-bond donors (Lipinski definition) is 1. The van der Waals surface area contributed by atoms with Gasteiger partial charge in [-0.25, -0.2) is 4.98 Å². The van der Waals surface area contributed by atoms with Gasteiger partial charge in [0.25, 0.3) is 5.89 Å². The molecule has 1 fully saturated rings. The summed E-state index contributed by atoms with van der Waals surface area (Å²) in [6.45, 7) is 1.32. The maximum atomic E-state index is 9.75. The average Bonchev–Trinajstić information content (AvgIpc) is 3.25. The molecule has 0 amide bonds. The van der Waals surface area contributed by atoms with E-state index in [1.165, 1.54) is 0 Å². The first-order valence-electron chi connectivity index (χ1n) is 7.44. The molecule has 4 heterocycles. The number of hydrogen-bond acceptors (Lipinski definition) is 7. The molecule has 7 nitrogen and oxygen atoms in total. The van der Waals surface area contributed by atoms with Crippen LogP contribution in [-0.2, 0) is 0 Å². The lowest BCUT2D eigenvalue weighted by atomic mass is 10.2. The summed E-state index contributed by atoms with van der Waals surface area (Å²) in [5, 5.41) is 13.8. The Morgan fingerprint density at radius 3 is 2.91 bits per heavy atom. The number of β-amino-alcohol motifs (C(OH)–C–C–N with tert-alkyl or cyclic N) is 1. The van der Waals surface area contributed by atoms with Crippen LogP contribution in [0.15, 0.2) is 47.4 Å². The van der Waals surface area contributed by atoms with E-state index in [0.717, 1.165) is 29.9 Å².